The first-order valence-corrected chi connectivity index (χ1v) is 5.35. The number of aromatic hydroxyl groups is 1. The lowest BCUT2D eigenvalue weighted by Crippen LogP contribution is -2.26. The molecule has 7 heteroatoms. The fraction of sp³-hybridized carbons (Fsp3) is 0.500. The molecule has 1 rings (SSSR count). The van der Waals surface area contributed by atoms with E-state index in [-0.39, 0.29) is 18.0 Å². The molecule has 0 fully saturated rings. The van der Waals surface area contributed by atoms with Crippen molar-refractivity contribution in [2.75, 3.05) is 0 Å². The zero-order valence-corrected chi connectivity index (χ0v) is 11.6. The van der Waals surface area contributed by atoms with E-state index in [1.54, 1.807) is 0 Å². The van der Waals surface area contributed by atoms with E-state index in [4.69, 9.17) is 5.73 Å². The van der Waals surface area contributed by atoms with Gasteiger partial charge in [0, 0.05) is 11.6 Å². The maximum atomic E-state index is 12.1. The van der Waals surface area contributed by atoms with Crippen LogP contribution < -0.4 is 10.5 Å². The van der Waals surface area contributed by atoms with E-state index in [1.165, 1.54) is 12.1 Å². The third-order valence-electron chi connectivity index (χ3n) is 2.52. The molecule has 0 heterocycles. The molecule has 0 aliphatic carbocycles. The number of rotatable bonds is 2. The van der Waals surface area contributed by atoms with Crippen LogP contribution in [0.5, 0.6) is 11.5 Å². The molecule has 1 atom stereocenters. The van der Waals surface area contributed by atoms with Crippen molar-refractivity contribution in [3.8, 4) is 11.5 Å². The topological polar surface area (TPSA) is 55.5 Å². The normalized spacial score (nSPS) is 13.6. The van der Waals surface area contributed by atoms with Crippen LogP contribution in [-0.4, -0.2) is 11.5 Å². The Kier molecular flexibility index (Phi) is 5.53. The molecule has 0 amide bonds. The molecule has 19 heavy (non-hydrogen) atoms. The molecule has 0 bridgehead atoms. The summed E-state index contributed by atoms with van der Waals surface area (Å²) in [7, 11) is 0. The highest BCUT2D eigenvalue weighted by Crippen LogP contribution is 2.41. The van der Waals surface area contributed by atoms with Crippen LogP contribution in [0.2, 0.25) is 0 Å². The average Bonchev–Trinajstić information content (AvgIpc) is 2.17. The summed E-state index contributed by atoms with van der Waals surface area (Å²) < 4.78 is 40.1. The van der Waals surface area contributed by atoms with Crippen LogP contribution >= 0.6 is 12.4 Å². The number of alkyl halides is 3. The minimum absolute atomic E-state index is 0. The second kappa shape index (κ2) is 5.88. The number of hydrogen-bond acceptors (Lipinski definition) is 3. The van der Waals surface area contributed by atoms with Gasteiger partial charge in [-0.3, -0.25) is 0 Å². The lowest BCUT2D eigenvalue weighted by Gasteiger charge is -2.28. The van der Waals surface area contributed by atoms with Gasteiger partial charge in [-0.15, -0.1) is 25.6 Å². The number of nitrogens with two attached hydrogens (primary N) is 1. The molecule has 3 nitrogen and oxygen atoms in total. The van der Waals surface area contributed by atoms with Gasteiger partial charge in [-0.05, 0) is 11.5 Å². The largest absolute Gasteiger partial charge is 0.573 e. The van der Waals surface area contributed by atoms with Crippen LogP contribution in [0, 0.1) is 5.41 Å². The quantitative estimate of drug-likeness (QED) is 0.874. The van der Waals surface area contributed by atoms with Crippen molar-refractivity contribution in [3.63, 3.8) is 0 Å². The molecular weight excluding hydrogens is 283 g/mol. The summed E-state index contributed by atoms with van der Waals surface area (Å²) in [5.74, 6) is -1.21. The van der Waals surface area contributed by atoms with Gasteiger partial charge in [0.25, 0.3) is 0 Å². The van der Waals surface area contributed by atoms with E-state index in [1.807, 2.05) is 20.8 Å². The van der Waals surface area contributed by atoms with Crippen LogP contribution in [0.3, 0.4) is 0 Å². The minimum Gasteiger partial charge on any atom is -0.504 e. The van der Waals surface area contributed by atoms with Gasteiger partial charge in [0.2, 0.25) is 0 Å². The van der Waals surface area contributed by atoms with Crippen molar-refractivity contribution in [1.29, 1.82) is 0 Å². The highest BCUT2D eigenvalue weighted by Gasteiger charge is 2.33. The Labute approximate surface area is 116 Å². The molecule has 0 aliphatic rings. The number of phenols is 1. The van der Waals surface area contributed by atoms with Crippen LogP contribution in [0.4, 0.5) is 13.2 Å². The van der Waals surface area contributed by atoms with E-state index in [2.05, 4.69) is 4.74 Å². The number of halogens is 4. The molecule has 1 aromatic rings. The molecule has 0 unspecified atom stereocenters. The van der Waals surface area contributed by atoms with E-state index < -0.39 is 29.3 Å². The first kappa shape index (κ1) is 17.9. The van der Waals surface area contributed by atoms with Crippen LogP contribution in [0.1, 0.15) is 32.4 Å². The number of para-hydroxylation sites is 1. The minimum atomic E-state index is -4.85. The highest BCUT2D eigenvalue weighted by molar-refractivity contribution is 5.85. The van der Waals surface area contributed by atoms with E-state index in [9.17, 15) is 18.3 Å². The van der Waals surface area contributed by atoms with E-state index >= 15 is 0 Å². The van der Waals surface area contributed by atoms with Crippen LogP contribution in [0.25, 0.3) is 0 Å². The number of benzene rings is 1. The first-order valence-electron chi connectivity index (χ1n) is 5.35. The first-order chi connectivity index (χ1) is 8.02. The molecule has 0 saturated carbocycles. The second-order valence-corrected chi connectivity index (χ2v) is 5.09. The fourth-order valence-electron chi connectivity index (χ4n) is 1.46. The third-order valence-corrected chi connectivity index (χ3v) is 2.52. The number of ether oxygens (including phenoxy) is 1. The molecular formula is C12H17ClF3NO2. The van der Waals surface area contributed by atoms with E-state index in [0.29, 0.717) is 0 Å². The highest BCUT2D eigenvalue weighted by atomic mass is 35.5. The van der Waals surface area contributed by atoms with Crippen molar-refractivity contribution in [2.24, 2.45) is 11.1 Å². The summed E-state index contributed by atoms with van der Waals surface area (Å²) in [5, 5.41) is 9.78. The smallest absolute Gasteiger partial charge is 0.504 e. The van der Waals surface area contributed by atoms with Crippen molar-refractivity contribution in [2.45, 2.75) is 33.2 Å². The Morgan fingerprint density at radius 2 is 1.74 bits per heavy atom. The zero-order chi connectivity index (χ0) is 14.1. The van der Waals surface area contributed by atoms with Gasteiger partial charge in [0.15, 0.2) is 11.5 Å². The van der Waals surface area contributed by atoms with Crippen LogP contribution in [-0.2, 0) is 0 Å². The maximum Gasteiger partial charge on any atom is 0.573 e. The lowest BCUT2D eigenvalue weighted by molar-refractivity contribution is -0.275. The Bertz CT molecular complexity index is 430. The van der Waals surface area contributed by atoms with Gasteiger partial charge in [-0.25, -0.2) is 0 Å². The Morgan fingerprint density at radius 3 is 2.16 bits per heavy atom. The second-order valence-electron chi connectivity index (χ2n) is 5.09. The molecule has 0 radical (unpaired) electrons. The predicted octanol–water partition coefficient (Wildman–Crippen LogP) is 3.76. The summed E-state index contributed by atoms with van der Waals surface area (Å²) in [5.41, 5.74) is 5.74. The molecule has 0 aliphatic heterocycles. The summed E-state index contributed by atoms with van der Waals surface area (Å²) >= 11 is 0. The Hall–Kier alpha value is -1.14. The van der Waals surface area contributed by atoms with Gasteiger partial charge in [-0.2, -0.15) is 0 Å². The summed E-state index contributed by atoms with van der Waals surface area (Å²) in [6.07, 6.45) is -4.85. The standard InChI is InChI=1S/C12H16F3NO2.ClH/c1-11(2,3)10(16)7-5-4-6-8(9(7)17)18-12(13,14)15;/h4-6,10,17H,16H2,1-3H3;1H/t10-;/m0./s1. The van der Waals surface area contributed by atoms with Crippen molar-refractivity contribution in [3.05, 3.63) is 23.8 Å². The van der Waals surface area contributed by atoms with Crippen molar-refractivity contribution in [1.82, 2.24) is 0 Å². The number of hydrogen-bond donors (Lipinski definition) is 2. The van der Waals surface area contributed by atoms with Gasteiger partial charge >= 0.3 is 6.36 Å². The van der Waals surface area contributed by atoms with Crippen molar-refractivity contribution >= 4 is 12.4 Å². The summed E-state index contributed by atoms with van der Waals surface area (Å²) in [4.78, 5) is 0. The molecule has 1 aromatic carbocycles. The Morgan fingerprint density at radius 1 is 1.21 bits per heavy atom. The lowest BCUT2D eigenvalue weighted by atomic mass is 9.82. The van der Waals surface area contributed by atoms with Gasteiger partial charge in [-0.1, -0.05) is 32.9 Å². The maximum absolute atomic E-state index is 12.1. The average molecular weight is 300 g/mol. The zero-order valence-electron chi connectivity index (χ0n) is 10.8. The van der Waals surface area contributed by atoms with Crippen LogP contribution in [0.15, 0.2) is 18.2 Å². The van der Waals surface area contributed by atoms with Gasteiger partial charge < -0.3 is 15.6 Å². The molecule has 0 aromatic heterocycles. The number of phenolic OH excluding ortho intramolecular Hbond substituents is 1. The van der Waals surface area contributed by atoms with Gasteiger partial charge in [0.1, 0.15) is 0 Å². The Balaban J connectivity index is 0.00000324. The molecule has 110 valence electrons. The molecule has 0 spiro atoms. The molecule has 0 saturated heterocycles. The predicted molar refractivity (Wildman–Crippen MR) is 68.4 cm³/mol. The monoisotopic (exact) mass is 299 g/mol. The molecule has 3 N–H and O–H groups in total. The summed E-state index contributed by atoms with van der Waals surface area (Å²) in [6, 6.07) is 3.28. The third kappa shape index (κ3) is 4.80. The van der Waals surface area contributed by atoms with Gasteiger partial charge in [0.05, 0.1) is 0 Å². The van der Waals surface area contributed by atoms with Crippen molar-refractivity contribution < 1.29 is 23.0 Å². The SMILES string of the molecule is CC(C)(C)[C@@H](N)c1cccc(OC(F)(F)F)c1O.Cl. The van der Waals surface area contributed by atoms with E-state index in [0.717, 1.165) is 6.07 Å². The summed E-state index contributed by atoms with van der Waals surface area (Å²) in [6.45, 7) is 5.48. The fourth-order valence-corrected chi connectivity index (χ4v) is 1.46.